The molecule has 2 aromatic rings. The average Bonchev–Trinajstić information content (AvgIpc) is 2.69. The lowest BCUT2D eigenvalue weighted by Gasteiger charge is -2.18. The predicted molar refractivity (Wildman–Crippen MR) is 86.6 cm³/mol. The molecule has 21 heavy (non-hydrogen) atoms. The summed E-state index contributed by atoms with van der Waals surface area (Å²) < 4.78 is 33.3. The Kier molecular flexibility index (Phi) is 4.29. The smallest absolute Gasteiger partial charge is 0.253 e. The number of sulfonamides is 1. The quantitative estimate of drug-likeness (QED) is 0.760. The van der Waals surface area contributed by atoms with Gasteiger partial charge < -0.3 is 4.74 Å². The van der Waals surface area contributed by atoms with Crippen molar-refractivity contribution in [1.29, 1.82) is 0 Å². The van der Waals surface area contributed by atoms with Crippen molar-refractivity contribution in [1.82, 2.24) is 4.31 Å². The first-order chi connectivity index (χ1) is 9.98. The second-order valence-electron chi connectivity index (χ2n) is 4.48. The number of nitrogens with zero attached hydrogens (tertiary/aromatic N) is 1. The Morgan fingerprint density at radius 2 is 2.10 bits per heavy atom. The third-order valence-corrected chi connectivity index (χ3v) is 7.90. The molecule has 0 fully saturated rings. The van der Waals surface area contributed by atoms with Crippen LogP contribution in [-0.2, 0) is 16.6 Å². The van der Waals surface area contributed by atoms with E-state index >= 15 is 0 Å². The van der Waals surface area contributed by atoms with Gasteiger partial charge in [-0.15, -0.1) is 11.3 Å². The molecule has 0 unspecified atom stereocenters. The molecule has 3 rings (SSSR count). The van der Waals surface area contributed by atoms with E-state index in [0.717, 1.165) is 22.6 Å². The van der Waals surface area contributed by atoms with Gasteiger partial charge in [-0.3, -0.25) is 0 Å². The van der Waals surface area contributed by atoms with E-state index in [9.17, 15) is 8.42 Å². The van der Waals surface area contributed by atoms with Crippen LogP contribution in [0.1, 0.15) is 5.56 Å². The van der Waals surface area contributed by atoms with E-state index in [1.165, 1.54) is 10.4 Å². The van der Waals surface area contributed by atoms with E-state index in [4.69, 9.17) is 16.3 Å². The summed E-state index contributed by atoms with van der Waals surface area (Å²) in [5.41, 5.74) is 0.861. The Hall–Kier alpha value is -0.600. The number of benzene rings is 1. The van der Waals surface area contributed by atoms with Gasteiger partial charge in [0, 0.05) is 18.7 Å². The van der Waals surface area contributed by atoms with E-state index in [2.05, 4.69) is 15.9 Å². The third kappa shape index (κ3) is 2.98. The normalized spacial score (nSPS) is 16.1. The summed E-state index contributed by atoms with van der Waals surface area (Å²) in [5.74, 6) is 0.737. The highest BCUT2D eigenvalue weighted by Crippen LogP contribution is 2.37. The number of thiophene rings is 1. The Bertz CT molecular complexity index is 756. The number of para-hydroxylation sites is 1. The van der Waals surface area contributed by atoms with Gasteiger partial charge in [0.1, 0.15) is 16.6 Å². The van der Waals surface area contributed by atoms with Crippen LogP contribution in [0, 0.1) is 0 Å². The zero-order valence-electron chi connectivity index (χ0n) is 10.8. The highest BCUT2D eigenvalue weighted by Gasteiger charge is 2.29. The highest BCUT2D eigenvalue weighted by atomic mass is 79.9. The predicted octanol–water partition coefficient (Wildman–Crippen LogP) is 3.75. The summed E-state index contributed by atoms with van der Waals surface area (Å²) in [4.78, 5) is 0. The maximum Gasteiger partial charge on any atom is 0.253 e. The fourth-order valence-corrected chi connectivity index (χ4v) is 6.04. The van der Waals surface area contributed by atoms with Crippen molar-refractivity contribution in [2.24, 2.45) is 0 Å². The largest absolute Gasteiger partial charge is 0.492 e. The third-order valence-electron chi connectivity index (χ3n) is 3.13. The van der Waals surface area contributed by atoms with Gasteiger partial charge in [0.25, 0.3) is 10.0 Å². The van der Waals surface area contributed by atoms with Crippen molar-refractivity contribution in [3.8, 4) is 5.75 Å². The fraction of sp³-hybridized carbons (Fsp3) is 0.231. The minimum Gasteiger partial charge on any atom is -0.492 e. The molecule has 0 saturated carbocycles. The van der Waals surface area contributed by atoms with Crippen molar-refractivity contribution in [3.05, 3.63) is 44.7 Å². The number of rotatable bonds is 2. The summed E-state index contributed by atoms with van der Waals surface area (Å²) in [6.45, 7) is 0.937. The molecule has 0 atom stereocenters. The van der Waals surface area contributed by atoms with Gasteiger partial charge in [-0.2, -0.15) is 4.31 Å². The summed E-state index contributed by atoms with van der Waals surface area (Å²) in [6, 6.07) is 8.95. The molecule has 0 bridgehead atoms. The van der Waals surface area contributed by atoms with E-state index in [0.29, 0.717) is 28.5 Å². The van der Waals surface area contributed by atoms with Crippen molar-refractivity contribution in [2.75, 3.05) is 13.2 Å². The lowest BCUT2D eigenvalue weighted by molar-refractivity contribution is 0.293. The van der Waals surface area contributed by atoms with Gasteiger partial charge in [-0.05, 0) is 28.1 Å². The zero-order valence-corrected chi connectivity index (χ0v) is 14.7. The van der Waals surface area contributed by atoms with Crippen LogP contribution in [0.15, 0.2) is 38.3 Å². The zero-order chi connectivity index (χ0) is 15.0. The molecule has 0 saturated heterocycles. The van der Waals surface area contributed by atoms with Crippen LogP contribution in [0.5, 0.6) is 5.75 Å². The van der Waals surface area contributed by atoms with Crippen LogP contribution in [0.25, 0.3) is 0 Å². The molecular formula is C13H11BrClNO3S2. The number of fused-ring (bicyclic) bond motifs is 1. The van der Waals surface area contributed by atoms with Crippen LogP contribution in [0.4, 0.5) is 0 Å². The molecule has 0 N–H and O–H groups in total. The molecule has 1 aromatic carbocycles. The van der Waals surface area contributed by atoms with Crippen LogP contribution in [0.3, 0.4) is 0 Å². The summed E-state index contributed by atoms with van der Waals surface area (Å²) >= 11 is 10.3. The van der Waals surface area contributed by atoms with Gasteiger partial charge in [0.15, 0.2) is 0 Å². The van der Waals surface area contributed by atoms with E-state index < -0.39 is 10.0 Å². The molecule has 1 aliphatic heterocycles. The molecule has 1 aromatic heterocycles. The van der Waals surface area contributed by atoms with Crippen LogP contribution < -0.4 is 4.74 Å². The topological polar surface area (TPSA) is 46.6 Å². The monoisotopic (exact) mass is 407 g/mol. The first kappa shape index (κ1) is 15.3. The number of halogens is 2. The standard InChI is InChI=1S/C13H11BrClNO3S2/c14-13-10(15)7-12(20-13)21(17,18)16-5-6-19-11-4-2-1-3-9(11)8-16/h1-4,7H,5-6,8H2. The number of hydrogen-bond acceptors (Lipinski definition) is 4. The lowest BCUT2D eigenvalue weighted by atomic mass is 10.2. The number of hydrogen-bond donors (Lipinski definition) is 0. The van der Waals surface area contributed by atoms with E-state index in [-0.39, 0.29) is 4.21 Å². The highest BCUT2D eigenvalue weighted by molar-refractivity contribution is 9.11. The second kappa shape index (κ2) is 5.89. The molecule has 0 aliphatic carbocycles. The molecule has 4 nitrogen and oxygen atoms in total. The molecule has 0 spiro atoms. The number of ether oxygens (including phenoxy) is 1. The van der Waals surface area contributed by atoms with Gasteiger partial charge >= 0.3 is 0 Å². The van der Waals surface area contributed by atoms with Crippen molar-refractivity contribution in [2.45, 2.75) is 10.8 Å². The Morgan fingerprint density at radius 3 is 2.81 bits per heavy atom. The maximum atomic E-state index is 12.7. The second-order valence-corrected chi connectivity index (χ2v) is 9.42. The average molecular weight is 409 g/mol. The Labute approximate surface area is 140 Å². The molecule has 112 valence electrons. The van der Waals surface area contributed by atoms with Gasteiger partial charge in [0.05, 0.1) is 8.81 Å². The molecule has 2 heterocycles. The molecule has 1 aliphatic rings. The molecule has 8 heteroatoms. The van der Waals surface area contributed by atoms with Gasteiger partial charge in [-0.25, -0.2) is 8.42 Å². The minimum absolute atomic E-state index is 0.235. The van der Waals surface area contributed by atoms with Gasteiger partial charge in [0.2, 0.25) is 0 Å². The van der Waals surface area contributed by atoms with Crippen LogP contribution in [0.2, 0.25) is 5.02 Å². The summed E-state index contributed by atoms with van der Waals surface area (Å²) in [5, 5.41) is 0.407. The minimum atomic E-state index is -3.57. The van der Waals surface area contributed by atoms with Crippen molar-refractivity contribution in [3.63, 3.8) is 0 Å². The molecule has 0 amide bonds. The SMILES string of the molecule is O=S(=O)(c1cc(Cl)c(Br)s1)N1CCOc2ccccc2C1. The summed E-state index contributed by atoms with van der Waals surface area (Å²) in [7, 11) is -3.57. The van der Waals surface area contributed by atoms with E-state index in [1.807, 2.05) is 24.3 Å². The van der Waals surface area contributed by atoms with Crippen molar-refractivity contribution >= 4 is 48.9 Å². The van der Waals surface area contributed by atoms with Crippen LogP contribution >= 0.6 is 38.9 Å². The van der Waals surface area contributed by atoms with Crippen LogP contribution in [-0.4, -0.2) is 25.9 Å². The van der Waals surface area contributed by atoms with Crippen molar-refractivity contribution < 1.29 is 13.2 Å². The fourth-order valence-electron chi connectivity index (χ4n) is 2.09. The van der Waals surface area contributed by atoms with Gasteiger partial charge in [-0.1, -0.05) is 29.8 Å². The van der Waals surface area contributed by atoms with E-state index in [1.54, 1.807) is 0 Å². The lowest BCUT2D eigenvalue weighted by Crippen LogP contribution is -2.32. The first-order valence-corrected chi connectivity index (χ1v) is 9.57. The molecule has 0 radical (unpaired) electrons. The molecular weight excluding hydrogens is 398 g/mol. The maximum absolute atomic E-state index is 12.7. The first-order valence-electron chi connectivity index (χ1n) is 6.14. The Balaban J connectivity index is 1.96. The Morgan fingerprint density at radius 1 is 1.33 bits per heavy atom. The summed E-state index contributed by atoms with van der Waals surface area (Å²) in [6.07, 6.45) is 0.